The van der Waals surface area contributed by atoms with Gasteiger partial charge in [0.05, 0.1) is 23.8 Å². The molecular formula is C12H10F3NO3. The zero-order valence-corrected chi connectivity index (χ0v) is 9.95. The third kappa shape index (κ3) is 4.17. The van der Waals surface area contributed by atoms with E-state index in [1.807, 2.05) is 0 Å². The number of nitrogens with zero attached hydrogens (tertiary/aromatic N) is 1. The Morgan fingerprint density at radius 1 is 1.42 bits per heavy atom. The Kier molecular flexibility index (Phi) is 4.75. The fourth-order valence-electron chi connectivity index (χ4n) is 1.29. The van der Waals surface area contributed by atoms with Crippen LogP contribution >= 0.6 is 0 Å². The second kappa shape index (κ2) is 6.09. The van der Waals surface area contributed by atoms with Crippen LogP contribution in [0.3, 0.4) is 0 Å². The first-order valence-electron chi connectivity index (χ1n) is 5.28. The van der Waals surface area contributed by atoms with Crippen molar-refractivity contribution in [2.75, 3.05) is 13.2 Å². The summed E-state index contributed by atoms with van der Waals surface area (Å²) in [6.45, 7) is 1.06. The van der Waals surface area contributed by atoms with E-state index in [1.54, 1.807) is 13.0 Å². The van der Waals surface area contributed by atoms with Crippen LogP contribution in [0.25, 0.3) is 0 Å². The zero-order valence-electron chi connectivity index (χ0n) is 9.95. The Hall–Kier alpha value is -2.23. The Morgan fingerprint density at radius 3 is 2.63 bits per heavy atom. The number of halogens is 3. The van der Waals surface area contributed by atoms with E-state index in [9.17, 15) is 18.0 Å². The molecule has 1 aromatic carbocycles. The average molecular weight is 273 g/mol. The summed E-state index contributed by atoms with van der Waals surface area (Å²) in [6.07, 6.45) is -4.67. The van der Waals surface area contributed by atoms with Crippen molar-refractivity contribution in [1.82, 2.24) is 0 Å². The molecule has 0 saturated heterocycles. The molecule has 0 saturated carbocycles. The van der Waals surface area contributed by atoms with Crippen LogP contribution in [0.1, 0.15) is 18.1 Å². The SMILES string of the molecule is CCOC(=O)COc1ccc(C#N)cc1C(F)(F)F. The van der Waals surface area contributed by atoms with Gasteiger partial charge in [-0.15, -0.1) is 0 Å². The fourth-order valence-corrected chi connectivity index (χ4v) is 1.29. The van der Waals surface area contributed by atoms with Crippen LogP contribution in [0.15, 0.2) is 18.2 Å². The molecule has 0 amide bonds. The van der Waals surface area contributed by atoms with Crippen molar-refractivity contribution >= 4 is 5.97 Å². The van der Waals surface area contributed by atoms with Crippen molar-refractivity contribution in [1.29, 1.82) is 5.26 Å². The second-order valence-electron chi connectivity index (χ2n) is 3.41. The number of alkyl halides is 3. The van der Waals surface area contributed by atoms with Gasteiger partial charge in [0.1, 0.15) is 5.75 Å². The lowest BCUT2D eigenvalue weighted by Crippen LogP contribution is -2.17. The van der Waals surface area contributed by atoms with Crippen LogP contribution in [0.4, 0.5) is 13.2 Å². The molecule has 0 atom stereocenters. The number of benzene rings is 1. The van der Waals surface area contributed by atoms with Gasteiger partial charge >= 0.3 is 12.1 Å². The number of rotatable bonds is 4. The number of esters is 1. The van der Waals surface area contributed by atoms with Gasteiger partial charge in [0.15, 0.2) is 6.61 Å². The van der Waals surface area contributed by atoms with Gasteiger partial charge < -0.3 is 9.47 Å². The van der Waals surface area contributed by atoms with Crippen molar-refractivity contribution in [3.63, 3.8) is 0 Å². The van der Waals surface area contributed by atoms with Crippen molar-refractivity contribution in [2.45, 2.75) is 13.1 Å². The third-order valence-electron chi connectivity index (χ3n) is 2.06. The van der Waals surface area contributed by atoms with Crippen molar-refractivity contribution in [2.24, 2.45) is 0 Å². The lowest BCUT2D eigenvalue weighted by atomic mass is 10.1. The molecule has 7 heteroatoms. The molecule has 4 nitrogen and oxygen atoms in total. The van der Waals surface area contributed by atoms with Crippen LogP contribution in [-0.4, -0.2) is 19.2 Å². The fraction of sp³-hybridized carbons (Fsp3) is 0.333. The summed E-state index contributed by atoms with van der Waals surface area (Å²) in [7, 11) is 0. The minimum Gasteiger partial charge on any atom is -0.481 e. The van der Waals surface area contributed by atoms with E-state index in [0.29, 0.717) is 6.07 Å². The zero-order chi connectivity index (χ0) is 14.5. The highest BCUT2D eigenvalue weighted by Crippen LogP contribution is 2.36. The van der Waals surface area contributed by atoms with Crippen LogP contribution in [0.5, 0.6) is 5.75 Å². The van der Waals surface area contributed by atoms with Crippen molar-refractivity contribution in [3.05, 3.63) is 29.3 Å². The summed E-state index contributed by atoms with van der Waals surface area (Å²) < 4.78 is 47.5. The van der Waals surface area contributed by atoms with Gasteiger partial charge in [-0.3, -0.25) is 0 Å². The maximum atomic E-state index is 12.7. The minimum atomic E-state index is -4.67. The summed E-state index contributed by atoms with van der Waals surface area (Å²) in [6, 6.07) is 4.45. The number of carbonyl (C=O) groups is 1. The predicted molar refractivity (Wildman–Crippen MR) is 58.3 cm³/mol. The van der Waals surface area contributed by atoms with Crippen LogP contribution in [0.2, 0.25) is 0 Å². The monoisotopic (exact) mass is 273 g/mol. The first kappa shape index (κ1) is 14.8. The second-order valence-corrected chi connectivity index (χ2v) is 3.41. The van der Waals surface area contributed by atoms with Crippen LogP contribution in [-0.2, 0) is 15.7 Å². The minimum absolute atomic E-state index is 0.113. The first-order valence-corrected chi connectivity index (χ1v) is 5.28. The predicted octanol–water partition coefficient (Wildman–Crippen LogP) is 2.52. The largest absolute Gasteiger partial charge is 0.481 e. The highest BCUT2D eigenvalue weighted by Gasteiger charge is 2.35. The Bertz CT molecular complexity index is 506. The topological polar surface area (TPSA) is 59.3 Å². The lowest BCUT2D eigenvalue weighted by molar-refractivity contribution is -0.147. The molecule has 0 aliphatic rings. The van der Waals surface area contributed by atoms with E-state index in [-0.39, 0.29) is 12.2 Å². The summed E-state index contributed by atoms with van der Waals surface area (Å²) >= 11 is 0. The van der Waals surface area contributed by atoms with Gasteiger partial charge in [0.2, 0.25) is 0 Å². The molecule has 0 unspecified atom stereocenters. The van der Waals surface area contributed by atoms with E-state index in [2.05, 4.69) is 4.74 Å². The van der Waals surface area contributed by atoms with Gasteiger partial charge in [0, 0.05) is 0 Å². The number of nitriles is 1. The molecule has 0 N–H and O–H groups in total. The molecule has 1 aromatic rings. The Balaban J connectivity index is 2.95. The maximum absolute atomic E-state index is 12.7. The standard InChI is InChI=1S/C12H10F3NO3/c1-2-18-11(17)7-19-10-4-3-8(6-16)5-9(10)12(13,14)15/h3-5H,2,7H2,1H3. The van der Waals surface area contributed by atoms with Gasteiger partial charge in [0.25, 0.3) is 0 Å². The summed E-state index contributed by atoms with van der Waals surface area (Å²) in [5.41, 5.74) is -1.24. The lowest BCUT2D eigenvalue weighted by Gasteiger charge is -2.13. The molecule has 0 heterocycles. The molecular weight excluding hydrogens is 263 g/mol. The molecule has 0 aliphatic carbocycles. The van der Waals surface area contributed by atoms with Crippen molar-refractivity contribution in [3.8, 4) is 11.8 Å². The molecule has 19 heavy (non-hydrogen) atoms. The highest BCUT2D eigenvalue weighted by molar-refractivity contribution is 5.71. The quantitative estimate of drug-likeness (QED) is 0.791. The summed E-state index contributed by atoms with van der Waals surface area (Å²) in [4.78, 5) is 11.0. The molecule has 0 spiro atoms. The molecule has 0 bridgehead atoms. The maximum Gasteiger partial charge on any atom is 0.420 e. The van der Waals surface area contributed by atoms with Crippen LogP contribution < -0.4 is 4.74 Å². The number of ether oxygens (including phenoxy) is 2. The molecule has 0 radical (unpaired) electrons. The van der Waals surface area contributed by atoms with E-state index in [0.717, 1.165) is 6.07 Å². The van der Waals surface area contributed by atoms with E-state index >= 15 is 0 Å². The molecule has 0 fully saturated rings. The van der Waals surface area contributed by atoms with Crippen LogP contribution in [0, 0.1) is 11.3 Å². The highest BCUT2D eigenvalue weighted by atomic mass is 19.4. The summed E-state index contributed by atoms with van der Waals surface area (Å²) in [5.74, 6) is -1.28. The molecule has 102 valence electrons. The van der Waals surface area contributed by atoms with Crippen molar-refractivity contribution < 1.29 is 27.4 Å². The third-order valence-corrected chi connectivity index (χ3v) is 2.06. The van der Waals surface area contributed by atoms with E-state index in [1.165, 1.54) is 6.07 Å². The Morgan fingerprint density at radius 2 is 2.11 bits per heavy atom. The van der Waals surface area contributed by atoms with E-state index in [4.69, 9.17) is 10.00 Å². The van der Waals surface area contributed by atoms with E-state index < -0.39 is 30.1 Å². The van der Waals surface area contributed by atoms with Gasteiger partial charge in [-0.05, 0) is 25.1 Å². The average Bonchev–Trinajstić information content (AvgIpc) is 2.35. The number of carbonyl (C=O) groups excluding carboxylic acids is 1. The number of hydrogen-bond acceptors (Lipinski definition) is 4. The first-order chi connectivity index (χ1) is 8.88. The summed E-state index contributed by atoms with van der Waals surface area (Å²) in [5, 5.41) is 8.57. The molecule has 0 aliphatic heterocycles. The van der Waals surface area contributed by atoms with Gasteiger partial charge in [-0.25, -0.2) is 4.79 Å². The number of hydrogen-bond donors (Lipinski definition) is 0. The normalized spacial score (nSPS) is 10.7. The molecule has 1 rings (SSSR count). The van der Waals surface area contributed by atoms with Gasteiger partial charge in [-0.2, -0.15) is 18.4 Å². The Labute approximate surface area is 107 Å². The molecule has 0 aromatic heterocycles. The van der Waals surface area contributed by atoms with Gasteiger partial charge in [-0.1, -0.05) is 0 Å². The smallest absolute Gasteiger partial charge is 0.420 e.